The van der Waals surface area contributed by atoms with E-state index < -0.39 is 10.0 Å². The summed E-state index contributed by atoms with van der Waals surface area (Å²) in [7, 11) is -3.89. The second kappa shape index (κ2) is 5.94. The molecule has 0 aromatic heterocycles. The smallest absolute Gasteiger partial charge is 0.251 e. The van der Waals surface area contributed by atoms with E-state index in [-0.39, 0.29) is 26.9 Å². The molecular formula is C14H19ClN2O3S. The molecule has 0 spiro atoms. The highest BCUT2D eigenvalue weighted by Gasteiger charge is 2.29. The number of nitrogens with two attached hydrogens (primary N) is 1. The van der Waals surface area contributed by atoms with Gasteiger partial charge in [0.15, 0.2) is 0 Å². The molecule has 1 aromatic carbocycles. The molecule has 1 aliphatic rings. The van der Waals surface area contributed by atoms with E-state index in [0.29, 0.717) is 0 Å². The number of hydrogen-bond acceptors (Lipinski definition) is 3. The second-order valence-corrected chi connectivity index (χ2v) is 7.79. The van der Waals surface area contributed by atoms with Gasteiger partial charge in [0.1, 0.15) is 0 Å². The summed E-state index contributed by atoms with van der Waals surface area (Å²) in [4.78, 5) is 12.2. The molecule has 0 radical (unpaired) electrons. The van der Waals surface area contributed by atoms with E-state index in [2.05, 4.69) is 5.32 Å². The molecule has 0 aliphatic heterocycles. The molecule has 2 rings (SSSR count). The first-order valence-corrected chi connectivity index (χ1v) is 8.78. The van der Waals surface area contributed by atoms with Gasteiger partial charge in [-0.15, -0.1) is 0 Å². The lowest BCUT2D eigenvalue weighted by Gasteiger charge is -2.34. The zero-order valence-corrected chi connectivity index (χ0v) is 13.4. The maximum absolute atomic E-state index is 12.3. The van der Waals surface area contributed by atoms with Crippen LogP contribution in [-0.2, 0) is 10.0 Å². The topological polar surface area (TPSA) is 89.3 Å². The number of carbonyl (C=O) groups is 1. The molecule has 3 N–H and O–H groups in total. The fraction of sp³-hybridized carbons (Fsp3) is 0.500. The first-order chi connectivity index (χ1) is 9.70. The van der Waals surface area contributed by atoms with Crippen LogP contribution in [0.15, 0.2) is 23.1 Å². The largest absolute Gasteiger partial charge is 0.347 e. The van der Waals surface area contributed by atoms with Gasteiger partial charge in [0.25, 0.3) is 5.91 Å². The van der Waals surface area contributed by atoms with E-state index in [1.165, 1.54) is 24.6 Å². The Balaban J connectivity index is 2.25. The molecule has 0 atom stereocenters. The molecule has 0 unspecified atom stereocenters. The van der Waals surface area contributed by atoms with E-state index in [4.69, 9.17) is 16.7 Å². The lowest BCUT2D eigenvalue weighted by Crippen LogP contribution is -2.47. The minimum absolute atomic E-state index is 0.158. The minimum Gasteiger partial charge on any atom is -0.347 e. The van der Waals surface area contributed by atoms with Crippen LogP contribution in [0.25, 0.3) is 0 Å². The molecule has 1 aromatic rings. The maximum atomic E-state index is 12.3. The van der Waals surface area contributed by atoms with Gasteiger partial charge in [-0.1, -0.05) is 30.9 Å². The van der Waals surface area contributed by atoms with Gasteiger partial charge in [0.05, 0.1) is 4.90 Å². The fourth-order valence-corrected chi connectivity index (χ4v) is 3.54. The number of nitrogens with one attached hydrogen (secondary N) is 1. The van der Waals surface area contributed by atoms with Crippen molar-refractivity contribution in [1.29, 1.82) is 0 Å². The molecule has 5 nitrogen and oxygen atoms in total. The van der Waals surface area contributed by atoms with Crippen LogP contribution in [0.4, 0.5) is 0 Å². The quantitative estimate of drug-likeness (QED) is 0.892. The number of benzene rings is 1. The summed E-state index contributed by atoms with van der Waals surface area (Å²) in [5.74, 6) is -0.327. The SMILES string of the molecule is CC1(NC(=O)c2cc(Cl)cc(S(N)(=O)=O)c2)CCCCC1. The predicted octanol–water partition coefficient (Wildman–Crippen LogP) is 2.44. The number of carbonyl (C=O) groups excluding carboxylic acids is 1. The summed E-state index contributed by atoms with van der Waals surface area (Å²) in [6.07, 6.45) is 5.17. The van der Waals surface area contributed by atoms with Crippen molar-refractivity contribution < 1.29 is 13.2 Å². The third kappa shape index (κ3) is 4.18. The summed E-state index contributed by atoms with van der Waals surface area (Å²) in [6.45, 7) is 2.01. The Morgan fingerprint density at radius 1 is 1.24 bits per heavy atom. The lowest BCUT2D eigenvalue weighted by molar-refractivity contribution is 0.0882. The van der Waals surface area contributed by atoms with Crippen LogP contribution < -0.4 is 10.5 Å². The summed E-state index contributed by atoms with van der Waals surface area (Å²) in [5, 5.41) is 8.24. The van der Waals surface area contributed by atoms with E-state index >= 15 is 0 Å². The predicted molar refractivity (Wildman–Crippen MR) is 81.8 cm³/mol. The maximum Gasteiger partial charge on any atom is 0.251 e. The van der Waals surface area contributed by atoms with Crippen molar-refractivity contribution >= 4 is 27.5 Å². The van der Waals surface area contributed by atoms with Crippen molar-refractivity contribution in [3.63, 3.8) is 0 Å². The molecule has 1 aliphatic carbocycles. The molecular weight excluding hydrogens is 312 g/mol. The molecule has 0 bridgehead atoms. The average Bonchev–Trinajstić information content (AvgIpc) is 2.37. The number of primary sulfonamides is 1. The summed E-state index contributed by atoms with van der Waals surface area (Å²) in [5.41, 5.74) is -0.0438. The molecule has 0 heterocycles. The third-order valence-corrected chi connectivity index (χ3v) is 4.95. The molecule has 1 saturated carbocycles. The number of sulfonamides is 1. The Kier molecular flexibility index (Phi) is 4.60. The van der Waals surface area contributed by atoms with Crippen molar-refractivity contribution in [3.8, 4) is 0 Å². The van der Waals surface area contributed by atoms with Crippen LogP contribution in [0.2, 0.25) is 5.02 Å². The lowest BCUT2D eigenvalue weighted by atomic mass is 9.83. The molecule has 7 heteroatoms. The van der Waals surface area contributed by atoms with Gasteiger partial charge in [0, 0.05) is 16.1 Å². The van der Waals surface area contributed by atoms with Crippen LogP contribution in [-0.4, -0.2) is 19.9 Å². The highest BCUT2D eigenvalue weighted by Crippen LogP contribution is 2.28. The van der Waals surface area contributed by atoms with E-state index in [1.54, 1.807) is 0 Å². The van der Waals surface area contributed by atoms with Crippen molar-refractivity contribution in [3.05, 3.63) is 28.8 Å². The van der Waals surface area contributed by atoms with E-state index in [1.807, 2.05) is 6.92 Å². The van der Waals surface area contributed by atoms with E-state index in [0.717, 1.165) is 25.7 Å². The molecule has 116 valence electrons. The monoisotopic (exact) mass is 330 g/mol. The standard InChI is InChI=1S/C14H19ClN2O3S/c1-14(5-3-2-4-6-14)17-13(18)10-7-11(15)9-12(8-10)21(16,19)20/h7-9H,2-6H2,1H3,(H,17,18)(H2,16,19,20). The number of hydrogen-bond donors (Lipinski definition) is 2. The minimum atomic E-state index is -3.89. The summed E-state index contributed by atoms with van der Waals surface area (Å²) >= 11 is 5.88. The van der Waals surface area contributed by atoms with Gasteiger partial charge in [-0.2, -0.15) is 0 Å². The number of amides is 1. The normalized spacial score (nSPS) is 18.2. The van der Waals surface area contributed by atoms with Crippen molar-refractivity contribution in [1.82, 2.24) is 5.32 Å². The number of halogens is 1. The Morgan fingerprint density at radius 3 is 2.43 bits per heavy atom. The van der Waals surface area contributed by atoms with Gasteiger partial charge in [-0.05, 0) is 38.0 Å². The van der Waals surface area contributed by atoms with Crippen molar-refractivity contribution in [2.45, 2.75) is 49.5 Å². The average molecular weight is 331 g/mol. The molecule has 1 amide bonds. The Labute approximate surface area is 129 Å². The third-order valence-electron chi connectivity index (χ3n) is 3.83. The molecule has 0 saturated heterocycles. The van der Waals surface area contributed by atoms with Crippen LogP contribution >= 0.6 is 11.6 Å². The van der Waals surface area contributed by atoms with Gasteiger partial charge >= 0.3 is 0 Å². The van der Waals surface area contributed by atoms with Gasteiger partial charge < -0.3 is 5.32 Å². The van der Waals surface area contributed by atoms with Gasteiger partial charge in [-0.25, -0.2) is 13.6 Å². The first kappa shape index (κ1) is 16.3. The Bertz CT molecular complexity index is 652. The summed E-state index contributed by atoms with van der Waals surface area (Å²) < 4.78 is 22.8. The first-order valence-electron chi connectivity index (χ1n) is 6.86. The number of rotatable bonds is 3. The Morgan fingerprint density at radius 2 is 1.86 bits per heavy atom. The van der Waals surface area contributed by atoms with Gasteiger partial charge in [-0.3, -0.25) is 4.79 Å². The Hall–Kier alpha value is -1.11. The van der Waals surface area contributed by atoms with Crippen LogP contribution in [0.3, 0.4) is 0 Å². The van der Waals surface area contributed by atoms with Crippen LogP contribution in [0, 0.1) is 0 Å². The molecule has 21 heavy (non-hydrogen) atoms. The zero-order valence-electron chi connectivity index (χ0n) is 11.9. The highest BCUT2D eigenvalue weighted by molar-refractivity contribution is 7.89. The van der Waals surface area contributed by atoms with Crippen molar-refractivity contribution in [2.24, 2.45) is 5.14 Å². The fourth-order valence-electron chi connectivity index (χ4n) is 2.66. The van der Waals surface area contributed by atoms with E-state index in [9.17, 15) is 13.2 Å². The second-order valence-electron chi connectivity index (χ2n) is 5.80. The summed E-state index contributed by atoms with van der Waals surface area (Å²) in [6, 6.07) is 3.93. The van der Waals surface area contributed by atoms with Gasteiger partial charge in [0.2, 0.25) is 10.0 Å². The molecule has 1 fully saturated rings. The zero-order chi connectivity index (χ0) is 15.7. The van der Waals surface area contributed by atoms with Crippen LogP contribution in [0.1, 0.15) is 49.4 Å². The highest BCUT2D eigenvalue weighted by atomic mass is 35.5. The van der Waals surface area contributed by atoms with Crippen LogP contribution in [0.5, 0.6) is 0 Å². The van der Waals surface area contributed by atoms with Crippen molar-refractivity contribution in [2.75, 3.05) is 0 Å².